The van der Waals surface area contributed by atoms with E-state index in [4.69, 9.17) is 4.98 Å². The van der Waals surface area contributed by atoms with E-state index in [0.29, 0.717) is 16.2 Å². The van der Waals surface area contributed by atoms with Crippen molar-refractivity contribution in [1.29, 1.82) is 0 Å². The quantitative estimate of drug-likeness (QED) is 0.202. The number of nitrogens with one attached hydrogen (secondary N) is 1. The Bertz CT molecular complexity index is 1560. The molecule has 0 saturated carbocycles. The first-order valence-corrected chi connectivity index (χ1v) is 13.4. The van der Waals surface area contributed by atoms with Gasteiger partial charge in [0.2, 0.25) is 0 Å². The third-order valence-corrected chi connectivity index (χ3v) is 9.52. The van der Waals surface area contributed by atoms with Crippen molar-refractivity contribution in [1.82, 2.24) is 4.98 Å². The summed E-state index contributed by atoms with van der Waals surface area (Å²) in [6, 6.07) is 14.5. The number of anilines is 1. The smallest absolute Gasteiger partial charge is 0.270 e. The van der Waals surface area contributed by atoms with Crippen molar-refractivity contribution < 1.29 is 9.72 Å². The summed E-state index contributed by atoms with van der Waals surface area (Å²) < 4.78 is 1.98. The molecule has 1 N–H and O–H groups in total. The number of aromatic nitrogens is 1. The zero-order valence-electron chi connectivity index (χ0n) is 18.2. The topological polar surface area (TPSA) is 85.1 Å². The third kappa shape index (κ3) is 3.70. The third-order valence-electron chi connectivity index (χ3n) is 6.18. The van der Waals surface area contributed by atoms with Gasteiger partial charge in [-0.15, -0.1) is 34.0 Å². The maximum atomic E-state index is 13.3. The van der Waals surface area contributed by atoms with Gasteiger partial charge in [0, 0.05) is 32.7 Å². The highest BCUT2D eigenvalue weighted by Crippen LogP contribution is 2.47. The van der Waals surface area contributed by atoms with Crippen molar-refractivity contribution in [3.05, 3.63) is 74.0 Å². The number of thiophene rings is 2. The van der Waals surface area contributed by atoms with Crippen LogP contribution in [0.25, 0.3) is 30.9 Å². The van der Waals surface area contributed by atoms with E-state index >= 15 is 0 Å². The molecule has 1 amide bonds. The monoisotopic (exact) mass is 505 g/mol. The number of carbonyl (C=O) groups is 1. The van der Waals surface area contributed by atoms with E-state index in [0.717, 1.165) is 49.8 Å². The maximum absolute atomic E-state index is 13.3. The van der Waals surface area contributed by atoms with E-state index in [1.807, 2.05) is 18.2 Å². The average molecular weight is 506 g/mol. The number of nitro benzene ring substituents is 1. The second-order valence-corrected chi connectivity index (χ2v) is 11.8. The number of amides is 1. The van der Waals surface area contributed by atoms with Gasteiger partial charge in [-0.1, -0.05) is 19.1 Å². The maximum Gasteiger partial charge on any atom is 0.270 e. The average Bonchev–Trinajstić information content (AvgIpc) is 3.52. The second kappa shape index (κ2) is 8.26. The molecule has 0 fully saturated rings. The Balaban J connectivity index is 1.40. The first kappa shape index (κ1) is 21.4. The van der Waals surface area contributed by atoms with Gasteiger partial charge >= 0.3 is 0 Å². The number of rotatable bonds is 4. The Kier molecular flexibility index (Phi) is 5.20. The minimum absolute atomic E-state index is 0.0235. The SMILES string of the molecule is CC1CCc2c(sc(NC(=O)c3cc4cc([N+](=O)[O-])ccc4s3)c2-c2nc3ccccc3s2)C1. The molecule has 5 aromatic rings. The van der Waals surface area contributed by atoms with Gasteiger partial charge in [-0.2, -0.15) is 0 Å². The van der Waals surface area contributed by atoms with Crippen LogP contribution in [0.2, 0.25) is 0 Å². The summed E-state index contributed by atoms with van der Waals surface area (Å²) in [5.41, 5.74) is 3.35. The van der Waals surface area contributed by atoms with E-state index in [2.05, 4.69) is 18.3 Å². The van der Waals surface area contributed by atoms with Crippen molar-refractivity contribution in [2.75, 3.05) is 5.32 Å². The first-order chi connectivity index (χ1) is 16.5. The fraction of sp³-hybridized carbons (Fsp3) is 0.200. The molecule has 1 aliphatic rings. The minimum atomic E-state index is -0.418. The van der Waals surface area contributed by atoms with Gasteiger partial charge in [0.25, 0.3) is 11.6 Å². The number of non-ortho nitro benzene ring substituents is 1. The molecule has 1 atom stereocenters. The number of benzene rings is 2. The molecule has 0 spiro atoms. The molecule has 2 aromatic carbocycles. The van der Waals surface area contributed by atoms with Crippen LogP contribution in [0.5, 0.6) is 0 Å². The van der Waals surface area contributed by atoms with Gasteiger partial charge in [0.15, 0.2) is 0 Å². The molecule has 3 aromatic heterocycles. The number of hydrogen-bond acceptors (Lipinski definition) is 7. The second-order valence-electron chi connectivity index (χ2n) is 8.59. The summed E-state index contributed by atoms with van der Waals surface area (Å²) in [6.45, 7) is 2.27. The van der Waals surface area contributed by atoms with Crippen LogP contribution in [0.3, 0.4) is 0 Å². The molecule has 0 aliphatic heterocycles. The lowest BCUT2D eigenvalue weighted by atomic mass is 9.88. The molecule has 0 bridgehead atoms. The molecule has 9 heteroatoms. The van der Waals surface area contributed by atoms with E-state index in [1.54, 1.807) is 34.8 Å². The van der Waals surface area contributed by atoms with Crippen molar-refractivity contribution >= 4 is 70.9 Å². The van der Waals surface area contributed by atoms with Crippen molar-refractivity contribution in [2.45, 2.75) is 26.2 Å². The molecule has 34 heavy (non-hydrogen) atoms. The molecule has 0 radical (unpaired) electrons. The summed E-state index contributed by atoms with van der Waals surface area (Å²) >= 11 is 4.66. The first-order valence-electron chi connectivity index (χ1n) is 11.0. The number of hydrogen-bond donors (Lipinski definition) is 1. The summed E-state index contributed by atoms with van der Waals surface area (Å²) in [4.78, 5) is 30.7. The van der Waals surface area contributed by atoms with Crippen LogP contribution in [0.1, 0.15) is 33.5 Å². The van der Waals surface area contributed by atoms with Gasteiger partial charge in [0.1, 0.15) is 10.0 Å². The highest BCUT2D eigenvalue weighted by molar-refractivity contribution is 7.23. The van der Waals surface area contributed by atoms with Gasteiger partial charge in [0.05, 0.1) is 20.0 Å². The highest BCUT2D eigenvalue weighted by atomic mass is 32.1. The molecule has 3 heterocycles. The van der Waals surface area contributed by atoms with Gasteiger partial charge in [-0.25, -0.2) is 4.98 Å². The normalized spacial score (nSPS) is 15.5. The van der Waals surface area contributed by atoms with Crippen molar-refractivity contribution in [3.63, 3.8) is 0 Å². The largest absolute Gasteiger partial charge is 0.312 e. The van der Waals surface area contributed by atoms with Gasteiger partial charge in [-0.3, -0.25) is 14.9 Å². The minimum Gasteiger partial charge on any atom is -0.312 e. The lowest BCUT2D eigenvalue weighted by molar-refractivity contribution is -0.384. The van der Waals surface area contributed by atoms with Crippen LogP contribution in [0, 0.1) is 16.0 Å². The number of thiazole rings is 1. The van der Waals surface area contributed by atoms with E-state index in [9.17, 15) is 14.9 Å². The molecule has 1 aliphatic carbocycles. The van der Waals surface area contributed by atoms with E-state index < -0.39 is 4.92 Å². The van der Waals surface area contributed by atoms with Gasteiger partial charge < -0.3 is 5.32 Å². The Hall–Kier alpha value is -3.14. The fourth-order valence-electron chi connectivity index (χ4n) is 4.47. The molecular formula is C25H19N3O3S3. The van der Waals surface area contributed by atoms with Crippen LogP contribution in [0.15, 0.2) is 48.5 Å². The van der Waals surface area contributed by atoms with E-state index in [-0.39, 0.29) is 11.6 Å². The highest BCUT2D eigenvalue weighted by Gasteiger charge is 2.28. The van der Waals surface area contributed by atoms with Crippen LogP contribution >= 0.6 is 34.0 Å². The Morgan fingerprint density at radius 2 is 1.97 bits per heavy atom. The van der Waals surface area contributed by atoms with Crippen molar-refractivity contribution in [2.24, 2.45) is 5.92 Å². The number of fused-ring (bicyclic) bond motifs is 3. The summed E-state index contributed by atoms with van der Waals surface area (Å²) in [5, 5.41) is 16.8. The Labute approximate surface area is 207 Å². The number of para-hydroxylation sites is 1. The molecular weight excluding hydrogens is 486 g/mol. The van der Waals surface area contributed by atoms with Crippen LogP contribution < -0.4 is 5.32 Å². The summed E-state index contributed by atoms with van der Waals surface area (Å²) in [5.74, 6) is 0.425. The van der Waals surface area contributed by atoms with Crippen LogP contribution in [-0.4, -0.2) is 15.8 Å². The molecule has 6 nitrogen and oxygen atoms in total. The van der Waals surface area contributed by atoms with Gasteiger partial charge in [-0.05, 0) is 55.0 Å². The predicted octanol–water partition coefficient (Wildman–Crippen LogP) is 7.52. The summed E-state index contributed by atoms with van der Waals surface area (Å²) in [6.07, 6.45) is 3.13. The fourth-order valence-corrected chi connectivity index (χ4v) is 7.92. The summed E-state index contributed by atoms with van der Waals surface area (Å²) in [7, 11) is 0. The van der Waals surface area contributed by atoms with Crippen LogP contribution in [-0.2, 0) is 12.8 Å². The number of carbonyl (C=O) groups excluding carboxylic acids is 1. The Morgan fingerprint density at radius 1 is 1.12 bits per heavy atom. The molecule has 170 valence electrons. The lowest BCUT2D eigenvalue weighted by Gasteiger charge is -2.18. The number of nitro groups is 1. The lowest BCUT2D eigenvalue weighted by Crippen LogP contribution is -2.10. The number of nitrogens with zero attached hydrogens (tertiary/aromatic N) is 2. The molecule has 1 unspecified atom stereocenters. The zero-order valence-corrected chi connectivity index (χ0v) is 20.6. The molecule has 0 saturated heterocycles. The standard InChI is InChI=1S/C25H19N3O3S3/c1-13-6-8-16-20(10-13)34-25(22(16)24-26-17-4-2-3-5-19(17)33-24)27-23(29)21-12-14-11-15(28(30)31)7-9-18(14)32-21/h2-5,7,9,11-13H,6,8,10H2,1H3,(H,27,29). The van der Waals surface area contributed by atoms with Crippen molar-refractivity contribution in [3.8, 4) is 10.6 Å². The predicted molar refractivity (Wildman–Crippen MR) is 141 cm³/mol. The zero-order chi connectivity index (χ0) is 23.4. The van der Waals surface area contributed by atoms with E-state index in [1.165, 1.54) is 33.9 Å². The molecule has 6 rings (SSSR count). The Morgan fingerprint density at radius 3 is 2.79 bits per heavy atom. The van der Waals surface area contributed by atoms with Crippen LogP contribution in [0.4, 0.5) is 10.7 Å².